The molecule has 2 aromatic rings. The maximum Gasteiger partial charge on any atom is 0.389 e. The third kappa shape index (κ3) is 11.3. The highest BCUT2D eigenvalue weighted by atomic mass is 35.5. The van der Waals surface area contributed by atoms with E-state index < -0.39 is 65.5 Å². The van der Waals surface area contributed by atoms with E-state index in [0.717, 1.165) is 0 Å². The molecule has 1 aliphatic rings. The van der Waals surface area contributed by atoms with Crippen LogP contribution in [0.5, 0.6) is 5.75 Å². The van der Waals surface area contributed by atoms with Gasteiger partial charge in [0.05, 0.1) is 41.7 Å². The van der Waals surface area contributed by atoms with Crippen molar-refractivity contribution < 1.29 is 45.8 Å². The first kappa shape index (κ1) is 38.5. The molecule has 262 valence electrons. The Kier molecular flexibility index (Phi) is 13.9. The van der Waals surface area contributed by atoms with Crippen LogP contribution in [0.2, 0.25) is 5.02 Å². The number of aliphatic hydroxyl groups is 1. The summed E-state index contributed by atoms with van der Waals surface area (Å²) in [6.45, 7) is 5.28. The van der Waals surface area contributed by atoms with Gasteiger partial charge in [-0.2, -0.15) is 17.5 Å². The molecule has 0 unspecified atom stereocenters. The number of aliphatic hydroxyl groups excluding tert-OH is 1. The van der Waals surface area contributed by atoms with Crippen molar-refractivity contribution in [3.8, 4) is 5.75 Å². The van der Waals surface area contributed by atoms with Gasteiger partial charge in [-0.1, -0.05) is 18.5 Å². The lowest BCUT2D eigenvalue weighted by atomic mass is 10.0. The van der Waals surface area contributed by atoms with Crippen molar-refractivity contribution >= 4 is 39.1 Å². The Morgan fingerprint density at radius 1 is 1.17 bits per heavy atom. The number of hydrogen-bond acceptors (Lipinski definition) is 7. The van der Waals surface area contributed by atoms with Crippen molar-refractivity contribution in [2.45, 2.75) is 82.2 Å². The predicted octanol–water partition coefficient (Wildman–Crippen LogP) is 5.74. The summed E-state index contributed by atoms with van der Waals surface area (Å²) in [4.78, 5) is 27.9. The smallest absolute Gasteiger partial charge is 0.389 e. The molecule has 1 heterocycles. The van der Waals surface area contributed by atoms with Gasteiger partial charge in [-0.05, 0) is 75.6 Å². The van der Waals surface area contributed by atoms with Crippen LogP contribution in [0, 0.1) is 5.92 Å². The molecule has 0 radical (unpaired) electrons. The summed E-state index contributed by atoms with van der Waals surface area (Å²) in [5.74, 6) is -1.62. The van der Waals surface area contributed by atoms with Crippen molar-refractivity contribution in [2.24, 2.45) is 5.92 Å². The van der Waals surface area contributed by atoms with Crippen molar-refractivity contribution in [1.82, 2.24) is 9.21 Å². The number of nitrogens with one attached hydrogen (secondary N) is 1. The number of halogens is 4. The van der Waals surface area contributed by atoms with E-state index in [1.807, 2.05) is 13.8 Å². The molecule has 0 saturated heterocycles. The fourth-order valence-corrected chi connectivity index (χ4v) is 6.39. The molecule has 0 aliphatic carbocycles. The largest absolute Gasteiger partial charge is 0.490 e. The van der Waals surface area contributed by atoms with Gasteiger partial charge in [0.15, 0.2) is 0 Å². The van der Waals surface area contributed by atoms with Crippen LogP contribution in [0.25, 0.3) is 0 Å². The molecule has 1 aliphatic heterocycles. The molecule has 4 atom stereocenters. The zero-order valence-electron chi connectivity index (χ0n) is 26.9. The van der Waals surface area contributed by atoms with Crippen LogP contribution in [0.4, 0.5) is 18.9 Å². The van der Waals surface area contributed by atoms with Gasteiger partial charge in [-0.25, -0.2) is 8.42 Å². The number of nitrogens with zero attached hydrogens (tertiary/aromatic N) is 2. The van der Waals surface area contributed by atoms with E-state index in [1.54, 1.807) is 6.92 Å². The maximum absolute atomic E-state index is 14.2. The highest BCUT2D eigenvalue weighted by Gasteiger charge is 2.33. The molecule has 10 nitrogen and oxygen atoms in total. The summed E-state index contributed by atoms with van der Waals surface area (Å²) in [5, 5.41) is 12.9. The first-order chi connectivity index (χ1) is 22.0. The molecule has 0 saturated carbocycles. The second-order valence-corrected chi connectivity index (χ2v) is 14.4. The Balaban J connectivity index is 1.94. The Bertz CT molecular complexity index is 1460. The summed E-state index contributed by atoms with van der Waals surface area (Å²) in [5.41, 5.74) is 0.163. The molecule has 47 heavy (non-hydrogen) atoms. The quantitative estimate of drug-likeness (QED) is 0.341. The van der Waals surface area contributed by atoms with Crippen molar-refractivity contribution in [3.63, 3.8) is 0 Å². The van der Waals surface area contributed by atoms with E-state index in [4.69, 9.17) is 21.1 Å². The number of anilines is 1. The second-order valence-electron chi connectivity index (χ2n) is 11.9. The van der Waals surface area contributed by atoms with Crippen LogP contribution >= 0.6 is 11.6 Å². The predicted molar refractivity (Wildman–Crippen MR) is 172 cm³/mol. The number of ether oxygens (including phenoxy) is 2. The monoisotopic (exact) mass is 705 g/mol. The van der Waals surface area contributed by atoms with Crippen molar-refractivity contribution in [3.05, 3.63) is 53.1 Å². The molecule has 0 fully saturated rings. The number of alkyl halides is 3. The SMILES string of the molecule is C[C@@H]1CCCCO[C@@H](CN(C)S(=O)(=O)c2ccc(Cl)cc2)[C@@H](C)CN([C@@H](C)CO)C(=O)c2cc(NC(=O)CCC(F)(F)F)ccc2O1. The average Bonchev–Trinajstić information content (AvgIpc) is 3.01. The van der Waals surface area contributed by atoms with E-state index in [0.29, 0.717) is 30.9 Å². The number of likely N-dealkylation sites (N-methyl/N-ethyl adjacent to an activating group) is 1. The fourth-order valence-electron chi connectivity index (χ4n) is 5.08. The third-order valence-electron chi connectivity index (χ3n) is 7.93. The number of benzene rings is 2. The first-order valence-corrected chi connectivity index (χ1v) is 17.3. The number of fused-ring (bicyclic) bond motifs is 1. The highest BCUT2D eigenvalue weighted by molar-refractivity contribution is 7.89. The van der Waals surface area contributed by atoms with Crippen molar-refractivity contribution in [1.29, 1.82) is 0 Å². The molecule has 3 rings (SSSR count). The molecular weight excluding hydrogens is 663 g/mol. The molecular formula is C32H43ClF3N3O7S. The van der Waals surface area contributed by atoms with E-state index in [2.05, 4.69) is 5.32 Å². The van der Waals surface area contributed by atoms with Crippen LogP contribution in [0.3, 0.4) is 0 Å². The van der Waals surface area contributed by atoms with Gasteiger partial charge in [0.2, 0.25) is 15.9 Å². The Morgan fingerprint density at radius 2 is 1.85 bits per heavy atom. The number of sulfonamides is 1. The summed E-state index contributed by atoms with van der Waals surface area (Å²) in [6, 6.07) is 9.43. The lowest BCUT2D eigenvalue weighted by Gasteiger charge is -2.35. The van der Waals surface area contributed by atoms with Crippen LogP contribution in [-0.2, 0) is 19.6 Å². The summed E-state index contributed by atoms with van der Waals surface area (Å²) in [6.07, 6.45) is -5.55. The number of carbonyl (C=O) groups excluding carboxylic acids is 2. The standard InChI is InChI=1S/C32H43ClF3N3O7S/c1-21-18-39(22(2)20-40)31(42)27-17-25(37-30(41)14-15-32(34,35)36)10-13-28(27)46-23(3)7-5-6-16-45-29(21)19-38(4)47(43,44)26-11-8-24(33)9-12-26/h8-13,17,21-23,29,40H,5-7,14-16,18-20H2,1-4H3,(H,37,41)/t21-,22-,23+,29-/m0/s1. The van der Waals surface area contributed by atoms with Gasteiger partial charge < -0.3 is 24.8 Å². The number of carbonyl (C=O) groups is 2. The second kappa shape index (κ2) is 17.0. The topological polar surface area (TPSA) is 125 Å². The fraction of sp³-hybridized carbons (Fsp3) is 0.562. The number of rotatable bonds is 9. The third-order valence-corrected chi connectivity index (χ3v) is 10.0. The van der Waals surface area contributed by atoms with Crippen LogP contribution < -0.4 is 10.1 Å². The highest BCUT2D eigenvalue weighted by Crippen LogP contribution is 2.29. The summed E-state index contributed by atoms with van der Waals surface area (Å²) < 4.78 is 78.2. The minimum absolute atomic E-state index is 0.0220. The normalized spacial score (nSPS) is 21.0. The number of amides is 2. The van der Waals surface area contributed by atoms with E-state index in [9.17, 15) is 36.3 Å². The Labute approximate surface area is 279 Å². The summed E-state index contributed by atoms with van der Waals surface area (Å²) in [7, 11) is -2.45. The van der Waals surface area contributed by atoms with Gasteiger partial charge in [0.25, 0.3) is 5.91 Å². The molecule has 0 spiro atoms. The Morgan fingerprint density at radius 3 is 2.49 bits per heavy atom. The zero-order chi connectivity index (χ0) is 34.9. The van der Waals surface area contributed by atoms with Crippen LogP contribution in [0.1, 0.15) is 63.2 Å². The lowest BCUT2D eigenvalue weighted by molar-refractivity contribution is -0.142. The minimum atomic E-state index is -4.50. The van der Waals surface area contributed by atoms with Gasteiger partial charge in [0, 0.05) is 49.8 Å². The van der Waals surface area contributed by atoms with Gasteiger partial charge in [-0.15, -0.1) is 0 Å². The lowest BCUT2D eigenvalue weighted by Crippen LogP contribution is -2.48. The molecule has 2 N–H and O–H groups in total. The first-order valence-electron chi connectivity index (χ1n) is 15.4. The molecule has 2 aromatic carbocycles. The minimum Gasteiger partial charge on any atom is -0.490 e. The molecule has 2 amide bonds. The average molecular weight is 706 g/mol. The molecule has 0 bridgehead atoms. The maximum atomic E-state index is 14.2. The van der Waals surface area contributed by atoms with Crippen LogP contribution in [-0.4, -0.2) is 92.3 Å². The molecule has 15 heteroatoms. The molecule has 0 aromatic heterocycles. The van der Waals surface area contributed by atoms with Gasteiger partial charge >= 0.3 is 6.18 Å². The van der Waals surface area contributed by atoms with Gasteiger partial charge in [-0.3, -0.25) is 9.59 Å². The number of hydrogen-bond donors (Lipinski definition) is 2. The Hall–Kier alpha value is -2.91. The van der Waals surface area contributed by atoms with Crippen molar-refractivity contribution in [2.75, 3.05) is 38.7 Å². The van der Waals surface area contributed by atoms with E-state index in [1.165, 1.54) is 58.7 Å². The zero-order valence-corrected chi connectivity index (χ0v) is 28.5. The van der Waals surface area contributed by atoms with E-state index >= 15 is 0 Å². The van der Waals surface area contributed by atoms with Crippen LogP contribution in [0.15, 0.2) is 47.4 Å². The van der Waals surface area contributed by atoms with E-state index in [-0.39, 0.29) is 41.1 Å². The summed E-state index contributed by atoms with van der Waals surface area (Å²) >= 11 is 5.94. The van der Waals surface area contributed by atoms with Gasteiger partial charge in [0.1, 0.15) is 5.75 Å².